The van der Waals surface area contributed by atoms with E-state index in [1.165, 1.54) is 0 Å². The molecule has 1 atom stereocenters. The fourth-order valence-corrected chi connectivity index (χ4v) is 1.15. The van der Waals surface area contributed by atoms with E-state index in [9.17, 15) is 0 Å². The van der Waals surface area contributed by atoms with E-state index < -0.39 is 0 Å². The maximum Gasteiger partial charge on any atom is 0.0893 e. The van der Waals surface area contributed by atoms with Crippen LogP contribution in [-0.2, 0) is 0 Å². The Morgan fingerprint density at radius 3 is 2.18 bits per heavy atom. The summed E-state index contributed by atoms with van der Waals surface area (Å²) < 4.78 is 0. The fourth-order valence-electron chi connectivity index (χ4n) is 0.638. The molecular weight excluding hydrogens is 179 g/mol. The molecule has 0 spiro atoms. The lowest BCUT2D eigenvalue weighted by atomic mass is 10.1. The van der Waals surface area contributed by atoms with E-state index in [1.54, 1.807) is 0 Å². The Bertz CT molecular complexity index is 168. The van der Waals surface area contributed by atoms with E-state index in [2.05, 4.69) is 20.4 Å². The van der Waals surface area contributed by atoms with Gasteiger partial charge in [-0.1, -0.05) is 43.7 Å². The Hall–Kier alpha value is 0.0600. The first-order valence-corrected chi connectivity index (χ1v) is 4.43. The molecule has 0 saturated heterocycles. The van der Waals surface area contributed by atoms with Gasteiger partial charge in [-0.3, -0.25) is 0 Å². The molecule has 0 aliphatic rings. The molecular formula is C9H14Cl2. The Balaban J connectivity index is 4.23. The molecule has 0 nitrogen and oxygen atoms in total. The van der Waals surface area contributed by atoms with Crippen molar-refractivity contribution in [3.63, 3.8) is 0 Å². The van der Waals surface area contributed by atoms with Crippen molar-refractivity contribution in [1.82, 2.24) is 0 Å². The van der Waals surface area contributed by atoms with Crippen molar-refractivity contribution < 1.29 is 0 Å². The molecule has 0 aliphatic heterocycles. The largest absolute Gasteiger partial charge is 0.112 e. The number of alkyl halides is 1. The predicted octanol–water partition coefficient (Wildman–Crippen LogP) is 3.95. The molecule has 0 rings (SSSR count). The lowest BCUT2D eigenvalue weighted by Gasteiger charge is -2.08. The Morgan fingerprint density at radius 2 is 1.91 bits per heavy atom. The first kappa shape index (κ1) is 11.1. The highest BCUT2D eigenvalue weighted by Gasteiger charge is 2.08. The highest BCUT2D eigenvalue weighted by atomic mass is 35.5. The molecule has 64 valence electrons. The first-order valence-electron chi connectivity index (χ1n) is 3.61. The van der Waals surface area contributed by atoms with Crippen LogP contribution in [0.3, 0.4) is 0 Å². The van der Waals surface area contributed by atoms with Crippen LogP contribution in [0.15, 0.2) is 23.3 Å². The van der Waals surface area contributed by atoms with Gasteiger partial charge in [0, 0.05) is 5.03 Å². The quantitative estimate of drug-likeness (QED) is 0.470. The second-order valence-electron chi connectivity index (χ2n) is 3.00. The molecule has 11 heavy (non-hydrogen) atoms. The van der Waals surface area contributed by atoms with Gasteiger partial charge in [-0.15, -0.1) is 11.6 Å². The van der Waals surface area contributed by atoms with Crippen LogP contribution in [0.1, 0.15) is 20.8 Å². The summed E-state index contributed by atoms with van der Waals surface area (Å²) in [5.41, 5.74) is 0.883. The second kappa shape index (κ2) is 4.84. The van der Waals surface area contributed by atoms with Crippen LogP contribution in [0.25, 0.3) is 0 Å². The van der Waals surface area contributed by atoms with Gasteiger partial charge in [0.25, 0.3) is 0 Å². The minimum atomic E-state index is -0.223. The van der Waals surface area contributed by atoms with Crippen LogP contribution in [0.5, 0.6) is 0 Å². The van der Waals surface area contributed by atoms with Crippen LogP contribution in [0.4, 0.5) is 0 Å². The van der Waals surface area contributed by atoms with E-state index in [1.807, 2.05) is 13.0 Å². The molecule has 0 radical (unpaired) electrons. The molecule has 2 heteroatoms. The second-order valence-corrected chi connectivity index (χ2v) is 3.88. The van der Waals surface area contributed by atoms with Crippen LogP contribution in [-0.4, -0.2) is 5.38 Å². The molecule has 0 N–H and O–H groups in total. The normalized spacial score (nSPS) is 15.3. The van der Waals surface area contributed by atoms with Crippen molar-refractivity contribution in [1.29, 1.82) is 0 Å². The third-order valence-electron chi connectivity index (χ3n) is 1.17. The molecule has 0 heterocycles. The van der Waals surface area contributed by atoms with Crippen LogP contribution < -0.4 is 0 Å². The topological polar surface area (TPSA) is 0 Å². The third kappa shape index (κ3) is 4.49. The average molecular weight is 193 g/mol. The fraction of sp³-hybridized carbons (Fsp3) is 0.556. The summed E-state index contributed by atoms with van der Waals surface area (Å²) in [5, 5.41) is 0.452. The summed E-state index contributed by atoms with van der Waals surface area (Å²) in [6.45, 7) is 9.72. The molecule has 0 fully saturated rings. The molecule has 1 unspecified atom stereocenters. The summed E-state index contributed by atoms with van der Waals surface area (Å²) in [7, 11) is 0. The SMILES string of the molecule is C=C(C)C(Cl)/C(Cl)=C\C(C)C. The van der Waals surface area contributed by atoms with E-state index >= 15 is 0 Å². The monoisotopic (exact) mass is 192 g/mol. The van der Waals surface area contributed by atoms with Crippen molar-refractivity contribution >= 4 is 23.2 Å². The maximum atomic E-state index is 5.91. The zero-order valence-electron chi connectivity index (χ0n) is 7.20. The van der Waals surface area contributed by atoms with E-state index in [4.69, 9.17) is 23.2 Å². The van der Waals surface area contributed by atoms with Crippen molar-refractivity contribution in [2.24, 2.45) is 5.92 Å². The number of hydrogen-bond donors (Lipinski definition) is 0. The molecule has 0 saturated carbocycles. The number of halogens is 2. The number of hydrogen-bond acceptors (Lipinski definition) is 0. The van der Waals surface area contributed by atoms with Crippen molar-refractivity contribution in [3.05, 3.63) is 23.3 Å². The highest BCUT2D eigenvalue weighted by Crippen LogP contribution is 2.22. The zero-order chi connectivity index (χ0) is 9.02. The summed E-state index contributed by atoms with van der Waals surface area (Å²) in [6.07, 6.45) is 1.94. The predicted molar refractivity (Wildman–Crippen MR) is 53.2 cm³/mol. The summed E-state index contributed by atoms with van der Waals surface area (Å²) in [5.74, 6) is 0.433. The van der Waals surface area contributed by atoms with Gasteiger partial charge >= 0.3 is 0 Å². The van der Waals surface area contributed by atoms with Gasteiger partial charge in [-0.2, -0.15) is 0 Å². The van der Waals surface area contributed by atoms with Crippen LogP contribution in [0, 0.1) is 5.92 Å². The molecule has 0 aromatic carbocycles. The summed E-state index contributed by atoms with van der Waals surface area (Å²) in [6, 6.07) is 0. The van der Waals surface area contributed by atoms with Gasteiger partial charge < -0.3 is 0 Å². The van der Waals surface area contributed by atoms with Gasteiger partial charge in [0.05, 0.1) is 5.38 Å². The summed E-state index contributed by atoms with van der Waals surface area (Å²) in [4.78, 5) is 0. The third-order valence-corrected chi connectivity index (χ3v) is 2.23. The Morgan fingerprint density at radius 1 is 1.45 bits per heavy atom. The minimum absolute atomic E-state index is 0.223. The summed E-state index contributed by atoms with van der Waals surface area (Å²) >= 11 is 11.8. The lowest BCUT2D eigenvalue weighted by Crippen LogP contribution is -2.00. The average Bonchev–Trinajstić information content (AvgIpc) is 1.84. The Labute approximate surface area is 78.9 Å². The zero-order valence-corrected chi connectivity index (χ0v) is 8.71. The van der Waals surface area contributed by atoms with Gasteiger partial charge in [-0.05, 0) is 12.8 Å². The van der Waals surface area contributed by atoms with Crippen LogP contribution >= 0.6 is 23.2 Å². The van der Waals surface area contributed by atoms with E-state index in [0.29, 0.717) is 11.0 Å². The minimum Gasteiger partial charge on any atom is -0.112 e. The molecule has 0 bridgehead atoms. The maximum absolute atomic E-state index is 5.91. The van der Waals surface area contributed by atoms with Gasteiger partial charge in [0.2, 0.25) is 0 Å². The molecule has 0 aliphatic carbocycles. The number of allylic oxidation sites excluding steroid dienone is 3. The van der Waals surface area contributed by atoms with E-state index in [0.717, 1.165) is 5.57 Å². The molecule has 0 aromatic rings. The lowest BCUT2D eigenvalue weighted by molar-refractivity contribution is 0.824. The smallest absolute Gasteiger partial charge is 0.0893 e. The van der Waals surface area contributed by atoms with Gasteiger partial charge in [-0.25, -0.2) is 0 Å². The Kier molecular flexibility index (Phi) is 4.87. The molecule has 0 aromatic heterocycles. The number of rotatable bonds is 3. The molecule has 0 amide bonds. The standard InChI is InChI=1S/C9H14Cl2/c1-6(2)5-8(10)9(11)7(3)4/h5-6,9H,3H2,1-2,4H3/b8-5+. The first-order chi connectivity index (χ1) is 4.95. The van der Waals surface area contributed by atoms with Gasteiger partial charge in [0.1, 0.15) is 0 Å². The highest BCUT2D eigenvalue weighted by molar-refractivity contribution is 6.38. The van der Waals surface area contributed by atoms with Crippen molar-refractivity contribution in [3.8, 4) is 0 Å². The van der Waals surface area contributed by atoms with Crippen molar-refractivity contribution in [2.75, 3.05) is 0 Å². The van der Waals surface area contributed by atoms with Gasteiger partial charge in [0.15, 0.2) is 0 Å². The van der Waals surface area contributed by atoms with Crippen molar-refractivity contribution in [2.45, 2.75) is 26.1 Å². The van der Waals surface area contributed by atoms with E-state index in [-0.39, 0.29) is 5.38 Å². The van der Waals surface area contributed by atoms with Crippen LogP contribution in [0.2, 0.25) is 0 Å².